The number of ether oxygens (including phenoxy) is 2. The third-order valence-corrected chi connectivity index (χ3v) is 2.86. The van der Waals surface area contributed by atoms with Crippen LogP contribution in [0.4, 0.5) is 0 Å². The maximum atomic E-state index is 11.6. The van der Waals surface area contributed by atoms with Crippen LogP contribution in [0.2, 0.25) is 0 Å². The number of hydrogen-bond donors (Lipinski definition) is 1. The summed E-state index contributed by atoms with van der Waals surface area (Å²) in [6.07, 6.45) is 0. The highest BCUT2D eigenvalue weighted by Crippen LogP contribution is 2.24. The molecule has 0 aliphatic rings. The molecule has 2 rings (SSSR count). The Hall–Kier alpha value is -2.49. The zero-order valence-corrected chi connectivity index (χ0v) is 12.9. The largest absolute Gasteiger partial charge is 0.484 e. The van der Waals surface area contributed by atoms with Gasteiger partial charge >= 0.3 is 0 Å². The van der Waals surface area contributed by atoms with Crippen LogP contribution in [0.1, 0.15) is 13.8 Å². The van der Waals surface area contributed by atoms with Crippen LogP contribution in [-0.2, 0) is 4.79 Å². The average Bonchev–Trinajstić information content (AvgIpc) is 2.52. The molecule has 0 saturated carbocycles. The summed E-state index contributed by atoms with van der Waals surface area (Å²) >= 11 is 0. The van der Waals surface area contributed by atoms with Gasteiger partial charge in [-0.25, -0.2) is 0 Å². The molecule has 116 valence electrons. The maximum Gasteiger partial charge on any atom is 0.257 e. The van der Waals surface area contributed by atoms with Gasteiger partial charge in [0.2, 0.25) is 0 Å². The van der Waals surface area contributed by atoms with Gasteiger partial charge in [0.15, 0.2) is 6.61 Å². The van der Waals surface area contributed by atoms with E-state index in [1.54, 1.807) is 12.1 Å². The fraction of sp³-hybridized carbons (Fsp3) is 0.278. The van der Waals surface area contributed by atoms with Gasteiger partial charge in [-0.1, -0.05) is 38.1 Å². The van der Waals surface area contributed by atoms with Crippen LogP contribution in [0.25, 0.3) is 0 Å². The molecule has 0 unspecified atom stereocenters. The Morgan fingerprint density at radius 3 is 2.41 bits per heavy atom. The van der Waals surface area contributed by atoms with Crippen molar-refractivity contribution in [1.29, 1.82) is 0 Å². The highest BCUT2D eigenvalue weighted by Gasteiger charge is 2.05. The van der Waals surface area contributed by atoms with Gasteiger partial charge in [-0.3, -0.25) is 4.79 Å². The summed E-state index contributed by atoms with van der Waals surface area (Å²) in [5.74, 6) is 2.34. The number of hydrogen-bond acceptors (Lipinski definition) is 3. The molecule has 0 atom stereocenters. The summed E-state index contributed by atoms with van der Waals surface area (Å²) < 4.78 is 11.2. The highest BCUT2D eigenvalue weighted by atomic mass is 16.5. The molecule has 1 N–H and O–H groups in total. The molecule has 0 aliphatic heterocycles. The minimum Gasteiger partial charge on any atom is -0.484 e. The molecule has 2 aromatic carbocycles. The van der Waals surface area contributed by atoms with Crippen molar-refractivity contribution in [2.45, 2.75) is 13.8 Å². The van der Waals surface area contributed by atoms with Crippen molar-refractivity contribution in [3.8, 4) is 17.2 Å². The van der Waals surface area contributed by atoms with E-state index in [1.807, 2.05) is 56.3 Å². The summed E-state index contributed by atoms with van der Waals surface area (Å²) in [6.45, 7) is 4.75. The minimum atomic E-state index is -0.122. The fourth-order valence-electron chi connectivity index (χ4n) is 1.77. The van der Waals surface area contributed by atoms with E-state index in [9.17, 15) is 4.79 Å². The molecule has 0 bridgehead atoms. The molecule has 0 aromatic heterocycles. The molecule has 4 nitrogen and oxygen atoms in total. The Balaban J connectivity index is 1.87. The summed E-state index contributed by atoms with van der Waals surface area (Å²) in [7, 11) is 0. The normalized spacial score (nSPS) is 10.3. The van der Waals surface area contributed by atoms with Crippen molar-refractivity contribution in [3.05, 3.63) is 54.6 Å². The van der Waals surface area contributed by atoms with Crippen LogP contribution < -0.4 is 14.8 Å². The van der Waals surface area contributed by atoms with Gasteiger partial charge in [-0.2, -0.15) is 0 Å². The Labute approximate surface area is 131 Å². The topological polar surface area (TPSA) is 47.6 Å². The third kappa shape index (κ3) is 5.48. The second-order valence-electron chi connectivity index (χ2n) is 5.38. The summed E-state index contributed by atoms with van der Waals surface area (Å²) in [4.78, 5) is 11.6. The number of nitrogens with one attached hydrogen (secondary N) is 1. The third-order valence-electron chi connectivity index (χ3n) is 2.86. The standard InChI is InChI=1S/C18H21NO3/c1-14(2)12-19-18(20)13-21-16-9-6-10-17(11-16)22-15-7-4-3-5-8-15/h3-11,14H,12-13H2,1-2H3,(H,19,20). The van der Waals surface area contributed by atoms with E-state index >= 15 is 0 Å². The van der Waals surface area contributed by atoms with Crippen molar-refractivity contribution >= 4 is 5.91 Å². The molecule has 2 aromatic rings. The van der Waals surface area contributed by atoms with Crippen LogP contribution in [0, 0.1) is 5.92 Å². The van der Waals surface area contributed by atoms with Gasteiger partial charge in [-0.05, 0) is 30.2 Å². The number of rotatable bonds is 7. The predicted octanol–water partition coefficient (Wildman–Crippen LogP) is 3.63. The van der Waals surface area contributed by atoms with E-state index in [-0.39, 0.29) is 12.5 Å². The Kier molecular flexibility index (Phi) is 5.83. The van der Waals surface area contributed by atoms with Crippen LogP contribution >= 0.6 is 0 Å². The first kappa shape index (κ1) is 15.9. The van der Waals surface area contributed by atoms with Crippen LogP contribution in [0.5, 0.6) is 17.2 Å². The lowest BCUT2D eigenvalue weighted by atomic mass is 10.2. The highest BCUT2D eigenvalue weighted by molar-refractivity contribution is 5.77. The fourth-order valence-corrected chi connectivity index (χ4v) is 1.77. The monoisotopic (exact) mass is 299 g/mol. The van der Waals surface area contributed by atoms with Gasteiger partial charge in [-0.15, -0.1) is 0 Å². The number of benzene rings is 2. The molecule has 0 saturated heterocycles. The first-order chi connectivity index (χ1) is 10.6. The number of para-hydroxylation sites is 1. The van der Waals surface area contributed by atoms with Gasteiger partial charge in [0, 0.05) is 12.6 Å². The number of carbonyl (C=O) groups excluding carboxylic acids is 1. The lowest BCUT2D eigenvalue weighted by Crippen LogP contribution is -2.31. The molecule has 0 aliphatic carbocycles. The molecule has 0 fully saturated rings. The molecule has 22 heavy (non-hydrogen) atoms. The van der Waals surface area contributed by atoms with Crippen molar-refractivity contribution in [1.82, 2.24) is 5.32 Å². The van der Waals surface area contributed by atoms with Gasteiger partial charge in [0.25, 0.3) is 5.91 Å². The Bertz CT molecular complexity index is 596. The molecule has 1 amide bonds. The van der Waals surface area contributed by atoms with Crippen LogP contribution in [-0.4, -0.2) is 19.1 Å². The van der Waals surface area contributed by atoms with Crippen molar-refractivity contribution in [3.63, 3.8) is 0 Å². The summed E-state index contributed by atoms with van der Waals surface area (Å²) in [6, 6.07) is 16.8. The van der Waals surface area contributed by atoms with Crippen LogP contribution in [0.15, 0.2) is 54.6 Å². The molecule has 0 spiro atoms. The minimum absolute atomic E-state index is 0.00150. The van der Waals surface area contributed by atoms with E-state index in [0.29, 0.717) is 24.0 Å². The van der Waals surface area contributed by atoms with Gasteiger partial charge in [0.1, 0.15) is 17.2 Å². The molecular weight excluding hydrogens is 278 g/mol. The smallest absolute Gasteiger partial charge is 0.257 e. The first-order valence-corrected chi connectivity index (χ1v) is 7.36. The van der Waals surface area contributed by atoms with Crippen molar-refractivity contribution in [2.24, 2.45) is 5.92 Å². The SMILES string of the molecule is CC(C)CNC(=O)COc1cccc(Oc2ccccc2)c1. The van der Waals surface area contributed by atoms with Crippen molar-refractivity contribution < 1.29 is 14.3 Å². The van der Waals surface area contributed by atoms with Crippen LogP contribution in [0.3, 0.4) is 0 Å². The van der Waals surface area contributed by atoms with E-state index < -0.39 is 0 Å². The Morgan fingerprint density at radius 1 is 1.00 bits per heavy atom. The second kappa shape index (κ2) is 8.08. The Morgan fingerprint density at radius 2 is 1.68 bits per heavy atom. The lowest BCUT2D eigenvalue weighted by molar-refractivity contribution is -0.123. The van der Waals surface area contributed by atoms with E-state index in [2.05, 4.69) is 5.32 Å². The van der Waals surface area contributed by atoms with Gasteiger partial charge < -0.3 is 14.8 Å². The zero-order valence-electron chi connectivity index (χ0n) is 12.9. The summed E-state index contributed by atoms with van der Waals surface area (Å²) in [5, 5.41) is 2.81. The quantitative estimate of drug-likeness (QED) is 0.849. The average molecular weight is 299 g/mol. The first-order valence-electron chi connectivity index (χ1n) is 7.36. The summed E-state index contributed by atoms with van der Waals surface area (Å²) in [5.41, 5.74) is 0. The molecular formula is C18H21NO3. The molecule has 4 heteroatoms. The predicted molar refractivity (Wildman–Crippen MR) is 86.3 cm³/mol. The van der Waals surface area contributed by atoms with E-state index in [4.69, 9.17) is 9.47 Å². The number of carbonyl (C=O) groups is 1. The lowest BCUT2D eigenvalue weighted by Gasteiger charge is -2.10. The zero-order chi connectivity index (χ0) is 15.8. The van der Waals surface area contributed by atoms with Gasteiger partial charge in [0.05, 0.1) is 0 Å². The van der Waals surface area contributed by atoms with E-state index in [0.717, 1.165) is 5.75 Å². The second-order valence-corrected chi connectivity index (χ2v) is 5.38. The molecule has 0 radical (unpaired) electrons. The van der Waals surface area contributed by atoms with E-state index in [1.165, 1.54) is 0 Å². The number of amides is 1. The molecule has 0 heterocycles. The maximum absolute atomic E-state index is 11.6. The van der Waals surface area contributed by atoms with Crippen molar-refractivity contribution in [2.75, 3.05) is 13.2 Å².